The Bertz CT molecular complexity index is 678. The van der Waals surface area contributed by atoms with Crippen LogP contribution in [-0.4, -0.2) is 43.7 Å². The molecule has 0 bridgehead atoms. The van der Waals surface area contributed by atoms with Crippen LogP contribution in [0.25, 0.3) is 11.2 Å². The first-order valence-corrected chi connectivity index (χ1v) is 6.59. The van der Waals surface area contributed by atoms with E-state index in [1.165, 1.54) is 10.9 Å². The zero-order valence-corrected chi connectivity index (χ0v) is 11.6. The molecule has 9 heteroatoms. The maximum atomic E-state index is 11.9. The highest BCUT2D eigenvalue weighted by molar-refractivity contribution is 5.89. The number of carbonyl (C=O) groups is 1. The maximum absolute atomic E-state index is 11.9. The minimum absolute atomic E-state index is 0.0786. The van der Waals surface area contributed by atoms with Gasteiger partial charge in [0.15, 0.2) is 11.2 Å². The predicted molar refractivity (Wildman–Crippen MR) is 74.7 cm³/mol. The number of rotatable bonds is 7. The van der Waals surface area contributed by atoms with Crippen LogP contribution >= 0.6 is 0 Å². The molecule has 2 heterocycles. The van der Waals surface area contributed by atoms with E-state index in [1.54, 1.807) is 0 Å². The molecule has 2 rings (SSSR count). The van der Waals surface area contributed by atoms with Crippen LogP contribution in [0.5, 0.6) is 0 Å². The molecule has 0 saturated heterocycles. The molecule has 0 atom stereocenters. The summed E-state index contributed by atoms with van der Waals surface area (Å²) in [6.45, 7) is 2.06. The van der Waals surface area contributed by atoms with Gasteiger partial charge in [-0.25, -0.2) is 4.98 Å². The van der Waals surface area contributed by atoms with Gasteiger partial charge in [-0.05, 0) is 6.42 Å². The Morgan fingerprint density at radius 2 is 2.38 bits per heavy atom. The van der Waals surface area contributed by atoms with Crippen molar-refractivity contribution in [1.29, 1.82) is 0 Å². The van der Waals surface area contributed by atoms with Crippen molar-refractivity contribution >= 4 is 23.0 Å². The van der Waals surface area contributed by atoms with Crippen molar-refractivity contribution in [1.82, 2.24) is 19.5 Å². The summed E-state index contributed by atoms with van der Waals surface area (Å²) < 4.78 is 6.69. The molecule has 114 valence electrons. The Labute approximate surface area is 120 Å². The Hall–Kier alpha value is -2.26. The van der Waals surface area contributed by atoms with E-state index in [4.69, 9.17) is 9.84 Å². The first-order chi connectivity index (χ1) is 10.2. The number of hydrogen-bond acceptors (Lipinski definition) is 6. The summed E-state index contributed by atoms with van der Waals surface area (Å²) in [5.41, 5.74) is 0.0345. The van der Waals surface area contributed by atoms with E-state index in [9.17, 15) is 9.59 Å². The van der Waals surface area contributed by atoms with Gasteiger partial charge in [0.05, 0.1) is 19.5 Å². The molecule has 21 heavy (non-hydrogen) atoms. The summed E-state index contributed by atoms with van der Waals surface area (Å²) in [5, 5.41) is 11.2. The largest absolute Gasteiger partial charge is 0.394 e. The average molecular weight is 295 g/mol. The number of aromatic nitrogens is 4. The smallest absolute Gasteiger partial charge is 0.280 e. The SMILES string of the molecule is CCCC(=O)Nc1nc2c(ncn2COCCO)c(=O)[nH]1. The van der Waals surface area contributed by atoms with E-state index in [-0.39, 0.29) is 37.3 Å². The molecule has 0 aliphatic heterocycles. The van der Waals surface area contributed by atoms with Gasteiger partial charge < -0.3 is 9.84 Å². The fraction of sp³-hybridized carbons (Fsp3) is 0.500. The summed E-state index contributed by atoms with van der Waals surface area (Å²) >= 11 is 0. The van der Waals surface area contributed by atoms with Gasteiger partial charge in [-0.3, -0.25) is 24.5 Å². The number of aliphatic hydroxyl groups excluding tert-OH is 1. The molecule has 9 nitrogen and oxygen atoms in total. The molecule has 0 aromatic carbocycles. The van der Waals surface area contributed by atoms with Crippen molar-refractivity contribution < 1.29 is 14.6 Å². The fourth-order valence-corrected chi connectivity index (χ4v) is 1.76. The molecule has 0 aliphatic carbocycles. The van der Waals surface area contributed by atoms with Crippen LogP contribution in [0.1, 0.15) is 19.8 Å². The van der Waals surface area contributed by atoms with Crippen LogP contribution in [0.4, 0.5) is 5.95 Å². The summed E-state index contributed by atoms with van der Waals surface area (Å²) in [5.74, 6) is -0.141. The number of amides is 1. The molecule has 2 aromatic heterocycles. The molecule has 0 unspecified atom stereocenters. The van der Waals surface area contributed by atoms with Crippen LogP contribution in [0.15, 0.2) is 11.1 Å². The maximum Gasteiger partial charge on any atom is 0.280 e. The van der Waals surface area contributed by atoms with E-state index < -0.39 is 5.56 Å². The van der Waals surface area contributed by atoms with Crippen LogP contribution in [-0.2, 0) is 16.3 Å². The summed E-state index contributed by atoms with van der Waals surface area (Å²) in [6, 6.07) is 0. The number of hydrogen-bond donors (Lipinski definition) is 3. The summed E-state index contributed by atoms with van der Waals surface area (Å²) in [7, 11) is 0. The lowest BCUT2D eigenvalue weighted by Crippen LogP contribution is -2.18. The van der Waals surface area contributed by atoms with E-state index in [2.05, 4.69) is 20.3 Å². The Morgan fingerprint density at radius 1 is 1.57 bits per heavy atom. The number of fused-ring (bicyclic) bond motifs is 1. The van der Waals surface area contributed by atoms with Gasteiger partial charge >= 0.3 is 0 Å². The van der Waals surface area contributed by atoms with Crippen LogP contribution in [0.2, 0.25) is 0 Å². The quantitative estimate of drug-likeness (QED) is 0.609. The van der Waals surface area contributed by atoms with Gasteiger partial charge in [-0.2, -0.15) is 4.98 Å². The number of anilines is 1. The zero-order chi connectivity index (χ0) is 15.2. The van der Waals surface area contributed by atoms with E-state index in [0.29, 0.717) is 18.5 Å². The number of ether oxygens (including phenoxy) is 1. The van der Waals surface area contributed by atoms with Crippen molar-refractivity contribution in [2.24, 2.45) is 0 Å². The minimum Gasteiger partial charge on any atom is -0.394 e. The molecule has 1 amide bonds. The minimum atomic E-state index is -0.437. The molecular formula is C12H17N5O4. The molecule has 0 aliphatic rings. The Morgan fingerprint density at radius 3 is 3.10 bits per heavy atom. The standard InChI is InChI=1S/C12H17N5O4/c1-2-3-8(19)14-12-15-10-9(11(20)16-12)13-6-17(10)7-21-5-4-18/h6,18H,2-5,7H2,1H3,(H2,14,15,16,19,20). The van der Waals surface area contributed by atoms with Crippen LogP contribution in [0, 0.1) is 0 Å². The number of aromatic amines is 1. The lowest BCUT2D eigenvalue weighted by molar-refractivity contribution is -0.116. The summed E-state index contributed by atoms with van der Waals surface area (Å²) in [4.78, 5) is 34.0. The first-order valence-electron chi connectivity index (χ1n) is 6.59. The number of nitrogens with zero attached hydrogens (tertiary/aromatic N) is 3. The molecule has 3 N–H and O–H groups in total. The molecule has 0 radical (unpaired) electrons. The summed E-state index contributed by atoms with van der Waals surface area (Å²) in [6.07, 6.45) is 2.47. The highest BCUT2D eigenvalue weighted by Gasteiger charge is 2.11. The molecule has 0 fully saturated rings. The lowest BCUT2D eigenvalue weighted by atomic mass is 10.3. The van der Waals surface area contributed by atoms with Gasteiger partial charge in [0.25, 0.3) is 5.56 Å². The van der Waals surface area contributed by atoms with Crippen molar-refractivity contribution in [3.05, 3.63) is 16.7 Å². The van der Waals surface area contributed by atoms with Gasteiger partial charge in [-0.1, -0.05) is 6.92 Å². The predicted octanol–water partition coefficient (Wildman–Crippen LogP) is -0.175. The second-order valence-electron chi connectivity index (χ2n) is 4.36. The van der Waals surface area contributed by atoms with Crippen LogP contribution in [0.3, 0.4) is 0 Å². The van der Waals surface area contributed by atoms with Gasteiger partial charge in [0, 0.05) is 6.42 Å². The molecular weight excluding hydrogens is 278 g/mol. The number of carbonyl (C=O) groups excluding carboxylic acids is 1. The van der Waals surface area contributed by atoms with E-state index in [0.717, 1.165) is 0 Å². The number of aliphatic hydroxyl groups is 1. The second-order valence-corrected chi connectivity index (χ2v) is 4.36. The Kier molecular flexibility index (Phi) is 5.01. The second kappa shape index (κ2) is 6.95. The highest BCUT2D eigenvalue weighted by Crippen LogP contribution is 2.08. The third kappa shape index (κ3) is 3.64. The van der Waals surface area contributed by atoms with Crippen molar-refractivity contribution in [2.75, 3.05) is 18.5 Å². The van der Waals surface area contributed by atoms with Crippen molar-refractivity contribution in [3.8, 4) is 0 Å². The third-order valence-electron chi connectivity index (χ3n) is 2.68. The number of H-pyrrole nitrogens is 1. The number of imidazole rings is 1. The van der Waals surface area contributed by atoms with Crippen molar-refractivity contribution in [2.45, 2.75) is 26.5 Å². The fourth-order valence-electron chi connectivity index (χ4n) is 1.76. The topological polar surface area (TPSA) is 122 Å². The first kappa shape index (κ1) is 15.1. The van der Waals surface area contributed by atoms with Gasteiger partial charge in [0.2, 0.25) is 11.9 Å². The molecule has 0 spiro atoms. The monoisotopic (exact) mass is 295 g/mol. The van der Waals surface area contributed by atoms with E-state index in [1.807, 2.05) is 6.92 Å². The van der Waals surface area contributed by atoms with Crippen molar-refractivity contribution in [3.63, 3.8) is 0 Å². The highest BCUT2D eigenvalue weighted by atomic mass is 16.5. The van der Waals surface area contributed by atoms with E-state index >= 15 is 0 Å². The normalized spacial score (nSPS) is 11.0. The Balaban J connectivity index is 2.26. The third-order valence-corrected chi connectivity index (χ3v) is 2.68. The zero-order valence-electron chi connectivity index (χ0n) is 11.6. The number of nitrogens with one attached hydrogen (secondary N) is 2. The lowest BCUT2D eigenvalue weighted by Gasteiger charge is -2.06. The van der Waals surface area contributed by atoms with Crippen LogP contribution < -0.4 is 10.9 Å². The molecule has 0 saturated carbocycles. The average Bonchev–Trinajstić information content (AvgIpc) is 2.83. The van der Waals surface area contributed by atoms with Gasteiger partial charge in [0.1, 0.15) is 6.73 Å². The van der Waals surface area contributed by atoms with Gasteiger partial charge in [-0.15, -0.1) is 0 Å². The molecule has 2 aromatic rings.